The fraction of sp³-hybridized carbons (Fsp3) is 0.200. The van der Waals surface area contributed by atoms with E-state index in [-0.39, 0.29) is 11.7 Å². The fourth-order valence-electron chi connectivity index (χ4n) is 2.57. The second-order valence-corrected chi connectivity index (χ2v) is 7.71. The van der Waals surface area contributed by atoms with E-state index in [0.29, 0.717) is 33.4 Å². The number of phenols is 1. The van der Waals surface area contributed by atoms with Crippen molar-refractivity contribution in [3.8, 4) is 11.5 Å². The monoisotopic (exact) mass is 462 g/mol. The normalized spacial score (nSPS) is 17.0. The quantitative estimate of drug-likeness (QED) is 0.643. The third-order valence-corrected chi connectivity index (χ3v) is 5.57. The molecular weight excluding hydrogens is 444 g/mol. The standard InChI is InChI=1S/C20H19BrN2O4S/c1-26-9-8-23-19(25)17(28-20(23)22-14-6-4-3-5-7-14)12-13-10-15(21)18(24)16(11-13)27-2/h3-7,10-12,24H,8-9H2,1-2H3/b17-12-,22-20?. The van der Waals surface area contributed by atoms with Gasteiger partial charge in [-0.2, -0.15) is 0 Å². The first-order chi connectivity index (χ1) is 13.5. The number of hydrogen-bond donors (Lipinski definition) is 1. The number of aliphatic imine (C=N–C) groups is 1. The number of thioether (sulfide) groups is 1. The van der Waals surface area contributed by atoms with Crippen LogP contribution in [0.3, 0.4) is 0 Å². The summed E-state index contributed by atoms with van der Waals surface area (Å²) in [6.07, 6.45) is 1.76. The van der Waals surface area contributed by atoms with Gasteiger partial charge in [-0.3, -0.25) is 9.69 Å². The molecule has 6 nitrogen and oxygen atoms in total. The average Bonchev–Trinajstić information content (AvgIpc) is 2.98. The van der Waals surface area contributed by atoms with Gasteiger partial charge in [0.15, 0.2) is 16.7 Å². The summed E-state index contributed by atoms with van der Waals surface area (Å²) in [4.78, 5) is 19.7. The minimum atomic E-state index is -0.139. The van der Waals surface area contributed by atoms with Crippen molar-refractivity contribution in [3.63, 3.8) is 0 Å². The number of phenolic OH excluding ortho intramolecular Hbond substituents is 1. The lowest BCUT2D eigenvalue weighted by atomic mass is 10.2. The molecule has 0 spiro atoms. The summed E-state index contributed by atoms with van der Waals surface area (Å²) in [7, 11) is 3.07. The summed E-state index contributed by atoms with van der Waals surface area (Å²) >= 11 is 4.61. The zero-order valence-electron chi connectivity index (χ0n) is 15.4. The lowest BCUT2D eigenvalue weighted by Gasteiger charge is -2.14. The van der Waals surface area contributed by atoms with Crippen molar-refractivity contribution in [1.29, 1.82) is 0 Å². The summed E-state index contributed by atoms with van der Waals surface area (Å²) < 4.78 is 10.8. The van der Waals surface area contributed by atoms with E-state index >= 15 is 0 Å². The van der Waals surface area contributed by atoms with Crippen LogP contribution in [0.4, 0.5) is 5.69 Å². The molecule has 3 rings (SSSR count). The van der Waals surface area contributed by atoms with Crippen LogP contribution >= 0.6 is 27.7 Å². The summed E-state index contributed by atoms with van der Waals surface area (Å²) in [6.45, 7) is 0.819. The molecule has 1 saturated heterocycles. The molecule has 0 saturated carbocycles. The Morgan fingerprint density at radius 3 is 2.68 bits per heavy atom. The smallest absolute Gasteiger partial charge is 0.266 e. The Labute approximate surface area is 176 Å². The van der Waals surface area contributed by atoms with Crippen molar-refractivity contribution in [2.75, 3.05) is 27.4 Å². The Morgan fingerprint density at radius 2 is 2.00 bits per heavy atom. The van der Waals surface area contributed by atoms with Gasteiger partial charge in [0.25, 0.3) is 5.91 Å². The number of aromatic hydroxyl groups is 1. The van der Waals surface area contributed by atoms with Gasteiger partial charge in [0.05, 0.1) is 35.3 Å². The maximum Gasteiger partial charge on any atom is 0.266 e. The molecule has 0 aliphatic carbocycles. The average molecular weight is 463 g/mol. The lowest BCUT2D eigenvalue weighted by molar-refractivity contribution is -0.122. The van der Waals surface area contributed by atoms with Gasteiger partial charge >= 0.3 is 0 Å². The highest BCUT2D eigenvalue weighted by atomic mass is 79.9. The molecule has 2 aromatic rings. The van der Waals surface area contributed by atoms with Crippen LogP contribution in [0.1, 0.15) is 5.56 Å². The van der Waals surface area contributed by atoms with Crippen LogP contribution in [-0.2, 0) is 9.53 Å². The molecule has 28 heavy (non-hydrogen) atoms. The Morgan fingerprint density at radius 1 is 1.25 bits per heavy atom. The number of carbonyl (C=O) groups is 1. The first-order valence-electron chi connectivity index (χ1n) is 8.44. The number of hydrogen-bond acceptors (Lipinski definition) is 6. The number of benzene rings is 2. The Balaban J connectivity index is 1.96. The van der Waals surface area contributed by atoms with Crippen LogP contribution < -0.4 is 4.74 Å². The zero-order valence-corrected chi connectivity index (χ0v) is 17.8. The molecule has 1 aliphatic heterocycles. The maximum absolute atomic E-state index is 12.9. The van der Waals surface area contributed by atoms with Crippen LogP contribution in [-0.4, -0.2) is 48.5 Å². The first kappa shape index (κ1) is 20.4. The van der Waals surface area contributed by atoms with Crippen molar-refractivity contribution in [1.82, 2.24) is 4.90 Å². The second-order valence-electron chi connectivity index (χ2n) is 5.84. The first-order valence-corrected chi connectivity index (χ1v) is 10.0. The predicted molar refractivity (Wildman–Crippen MR) is 115 cm³/mol. The molecular formula is C20H19BrN2O4S. The number of ether oxygens (including phenoxy) is 2. The minimum Gasteiger partial charge on any atom is -0.503 e. The SMILES string of the molecule is COCCN1C(=O)/C(=C/c2cc(Br)c(O)c(OC)c2)SC1=Nc1ccccc1. The Kier molecular flexibility index (Phi) is 6.77. The van der Waals surface area contributed by atoms with Gasteiger partial charge < -0.3 is 14.6 Å². The molecule has 0 unspecified atom stereocenters. The number of carbonyl (C=O) groups excluding carboxylic acids is 1. The number of para-hydroxylation sites is 1. The molecule has 1 heterocycles. The van der Waals surface area contributed by atoms with Gasteiger partial charge in [-0.15, -0.1) is 0 Å². The van der Waals surface area contributed by atoms with E-state index < -0.39 is 0 Å². The molecule has 2 aromatic carbocycles. The van der Waals surface area contributed by atoms with E-state index in [0.717, 1.165) is 11.3 Å². The van der Waals surface area contributed by atoms with Crippen LogP contribution in [0, 0.1) is 0 Å². The molecule has 0 atom stereocenters. The molecule has 1 fully saturated rings. The van der Waals surface area contributed by atoms with Gasteiger partial charge in [0, 0.05) is 7.11 Å². The van der Waals surface area contributed by atoms with Crippen molar-refractivity contribution in [2.24, 2.45) is 4.99 Å². The Hall–Kier alpha value is -2.29. The summed E-state index contributed by atoms with van der Waals surface area (Å²) in [5.74, 6) is 0.203. The number of amidine groups is 1. The molecule has 0 aromatic heterocycles. The van der Waals surface area contributed by atoms with Gasteiger partial charge in [0.1, 0.15) is 0 Å². The van der Waals surface area contributed by atoms with E-state index in [1.807, 2.05) is 30.3 Å². The molecule has 0 radical (unpaired) electrons. The van der Waals surface area contributed by atoms with Gasteiger partial charge in [-0.25, -0.2) is 4.99 Å². The molecule has 1 amide bonds. The number of nitrogens with zero attached hydrogens (tertiary/aromatic N) is 2. The van der Waals surface area contributed by atoms with Crippen molar-refractivity contribution < 1.29 is 19.4 Å². The number of amides is 1. The summed E-state index contributed by atoms with van der Waals surface area (Å²) in [5, 5.41) is 10.6. The van der Waals surface area contributed by atoms with Gasteiger partial charge in [-0.1, -0.05) is 18.2 Å². The highest BCUT2D eigenvalue weighted by Gasteiger charge is 2.33. The topological polar surface area (TPSA) is 71.4 Å². The van der Waals surface area contributed by atoms with Crippen LogP contribution in [0.25, 0.3) is 6.08 Å². The fourth-order valence-corrected chi connectivity index (χ4v) is 4.05. The van der Waals surface area contributed by atoms with Crippen LogP contribution in [0.2, 0.25) is 0 Å². The highest BCUT2D eigenvalue weighted by molar-refractivity contribution is 9.10. The summed E-state index contributed by atoms with van der Waals surface area (Å²) in [6, 6.07) is 12.9. The van der Waals surface area contributed by atoms with Crippen molar-refractivity contribution >= 4 is 50.5 Å². The van der Waals surface area contributed by atoms with E-state index in [4.69, 9.17) is 9.47 Å². The number of methoxy groups -OCH3 is 2. The molecule has 146 valence electrons. The predicted octanol–water partition coefficient (Wildman–Crippen LogP) is 4.41. The number of halogens is 1. The van der Waals surface area contributed by atoms with E-state index in [1.165, 1.54) is 18.9 Å². The van der Waals surface area contributed by atoms with Crippen molar-refractivity contribution in [2.45, 2.75) is 0 Å². The van der Waals surface area contributed by atoms with Crippen LogP contribution in [0.15, 0.2) is 56.8 Å². The number of rotatable bonds is 6. The zero-order chi connectivity index (χ0) is 20.1. The van der Waals surface area contributed by atoms with Gasteiger partial charge in [-0.05, 0) is 63.6 Å². The van der Waals surface area contributed by atoms with E-state index in [1.54, 1.807) is 30.2 Å². The highest BCUT2D eigenvalue weighted by Crippen LogP contribution is 2.38. The third-order valence-electron chi connectivity index (χ3n) is 3.96. The summed E-state index contributed by atoms with van der Waals surface area (Å²) in [5.41, 5.74) is 1.50. The molecule has 1 N–H and O–H groups in total. The van der Waals surface area contributed by atoms with Crippen molar-refractivity contribution in [3.05, 3.63) is 57.4 Å². The lowest BCUT2D eigenvalue weighted by Crippen LogP contribution is -2.32. The molecule has 1 aliphatic rings. The second kappa shape index (κ2) is 9.27. The molecule has 0 bridgehead atoms. The maximum atomic E-state index is 12.9. The van der Waals surface area contributed by atoms with E-state index in [9.17, 15) is 9.90 Å². The molecule has 8 heteroatoms. The van der Waals surface area contributed by atoms with E-state index in [2.05, 4.69) is 20.9 Å². The van der Waals surface area contributed by atoms with Crippen LogP contribution in [0.5, 0.6) is 11.5 Å². The third kappa shape index (κ3) is 4.57. The largest absolute Gasteiger partial charge is 0.503 e. The minimum absolute atomic E-state index is 0.0168. The Bertz CT molecular complexity index is 931. The van der Waals surface area contributed by atoms with Gasteiger partial charge in [0.2, 0.25) is 0 Å².